The van der Waals surface area contributed by atoms with E-state index in [2.05, 4.69) is 39.7 Å². The SMILES string of the molecule is COC1(c2ncc(Br)c(Cl)n2)CCC(C)(C)CC1. The molecule has 1 aromatic rings. The van der Waals surface area contributed by atoms with Gasteiger partial charge in [0.25, 0.3) is 0 Å². The monoisotopic (exact) mass is 332 g/mol. The second-order valence-corrected chi connectivity index (χ2v) is 6.91. The average molecular weight is 334 g/mol. The van der Waals surface area contributed by atoms with E-state index in [0.29, 0.717) is 16.4 Å². The van der Waals surface area contributed by atoms with E-state index in [1.54, 1.807) is 13.3 Å². The van der Waals surface area contributed by atoms with Crippen LogP contribution in [0.3, 0.4) is 0 Å². The summed E-state index contributed by atoms with van der Waals surface area (Å²) in [7, 11) is 1.73. The van der Waals surface area contributed by atoms with Gasteiger partial charge in [0.1, 0.15) is 10.8 Å². The topological polar surface area (TPSA) is 35.0 Å². The van der Waals surface area contributed by atoms with Crippen molar-refractivity contribution in [1.82, 2.24) is 9.97 Å². The predicted octanol–water partition coefficient (Wildman–Crippen LogP) is 4.33. The summed E-state index contributed by atoms with van der Waals surface area (Å²) < 4.78 is 6.47. The Morgan fingerprint density at radius 2 is 1.89 bits per heavy atom. The van der Waals surface area contributed by atoms with E-state index in [4.69, 9.17) is 16.3 Å². The first-order chi connectivity index (χ1) is 8.38. The lowest BCUT2D eigenvalue weighted by Crippen LogP contribution is -2.38. The molecular weight excluding hydrogens is 316 g/mol. The second-order valence-electron chi connectivity index (χ2n) is 5.69. The van der Waals surface area contributed by atoms with E-state index in [1.807, 2.05) is 0 Å². The lowest BCUT2D eigenvalue weighted by Gasteiger charge is -2.41. The normalized spacial score (nSPS) is 21.8. The molecule has 0 aliphatic heterocycles. The van der Waals surface area contributed by atoms with Crippen LogP contribution < -0.4 is 0 Å². The van der Waals surface area contributed by atoms with Gasteiger partial charge in [-0.25, -0.2) is 9.97 Å². The van der Waals surface area contributed by atoms with Crippen LogP contribution in [0, 0.1) is 5.41 Å². The third-order valence-corrected chi connectivity index (χ3v) is 5.01. The van der Waals surface area contributed by atoms with Crippen LogP contribution in [0.5, 0.6) is 0 Å². The van der Waals surface area contributed by atoms with Gasteiger partial charge in [0.05, 0.1) is 4.47 Å². The van der Waals surface area contributed by atoms with Gasteiger partial charge in [-0.3, -0.25) is 0 Å². The molecule has 0 bridgehead atoms. The Balaban J connectivity index is 2.30. The van der Waals surface area contributed by atoms with Crippen molar-refractivity contribution in [3.05, 3.63) is 21.6 Å². The Bertz CT molecular complexity index is 441. The lowest BCUT2D eigenvalue weighted by molar-refractivity contribution is -0.0729. The summed E-state index contributed by atoms with van der Waals surface area (Å²) in [5.41, 5.74) is 0.00104. The fourth-order valence-electron chi connectivity index (χ4n) is 2.42. The van der Waals surface area contributed by atoms with Crippen molar-refractivity contribution in [1.29, 1.82) is 0 Å². The summed E-state index contributed by atoms with van der Waals surface area (Å²) in [5, 5.41) is 0.446. The fraction of sp³-hybridized carbons (Fsp3) is 0.692. The van der Waals surface area contributed by atoms with Crippen LogP contribution in [0.1, 0.15) is 45.4 Å². The van der Waals surface area contributed by atoms with E-state index in [-0.39, 0.29) is 5.60 Å². The largest absolute Gasteiger partial charge is 0.370 e. The Morgan fingerprint density at radius 1 is 1.28 bits per heavy atom. The minimum atomic E-state index is -0.375. The zero-order valence-electron chi connectivity index (χ0n) is 11.0. The summed E-state index contributed by atoms with van der Waals surface area (Å²) in [5.74, 6) is 0.703. The summed E-state index contributed by atoms with van der Waals surface area (Å²) in [6, 6.07) is 0. The zero-order valence-corrected chi connectivity index (χ0v) is 13.3. The molecule has 0 unspecified atom stereocenters. The minimum Gasteiger partial charge on any atom is -0.370 e. The van der Waals surface area contributed by atoms with Gasteiger partial charge in [-0.05, 0) is 47.0 Å². The first kappa shape index (κ1) is 14.2. The van der Waals surface area contributed by atoms with Crippen LogP contribution in [0.15, 0.2) is 10.7 Å². The smallest absolute Gasteiger partial charge is 0.162 e. The molecule has 1 saturated carbocycles. The van der Waals surface area contributed by atoms with Crippen molar-refractivity contribution in [2.24, 2.45) is 5.41 Å². The molecule has 18 heavy (non-hydrogen) atoms. The highest BCUT2D eigenvalue weighted by Crippen LogP contribution is 2.46. The van der Waals surface area contributed by atoms with Gasteiger partial charge in [0.15, 0.2) is 5.82 Å². The standard InChI is InChI=1S/C13H18BrClN2O/c1-12(2)4-6-13(18-3,7-5-12)11-16-8-9(14)10(15)17-11/h8H,4-7H2,1-3H3. The molecule has 1 aromatic heterocycles. The molecule has 2 rings (SSSR count). The van der Waals surface area contributed by atoms with Crippen LogP contribution in [-0.4, -0.2) is 17.1 Å². The molecule has 0 spiro atoms. The molecule has 5 heteroatoms. The molecule has 0 N–H and O–H groups in total. The van der Waals surface area contributed by atoms with Gasteiger partial charge in [-0.2, -0.15) is 0 Å². The molecule has 1 heterocycles. The summed E-state index contributed by atoms with van der Waals surface area (Å²) in [6.45, 7) is 4.59. The van der Waals surface area contributed by atoms with E-state index >= 15 is 0 Å². The van der Waals surface area contributed by atoms with Crippen molar-refractivity contribution in [3.63, 3.8) is 0 Å². The maximum atomic E-state index is 6.05. The average Bonchev–Trinajstić information content (AvgIpc) is 2.34. The van der Waals surface area contributed by atoms with Gasteiger partial charge in [-0.15, -0.1) is 0 Å². The second kappa shape index (κ2) is 5.06. The van der Waals surface area contributed by atoms with Gasteiger partial charge in [-0.1, -0.05) is 25.4 Å². The number of nitrogens with zero attached hydrogens (tertiary/aromatic N) is 2. The number of aromatic nitrogens is 2. The van der Waals surface area contributed by atoms with Crippen molar-refractivity contribution >= 4 is 27.5 Å². The van der Waals surface area contributed by atoms with Crippen LogP contribution >= 0.6 is 27.5 Å². The molecule has 1 aliphatic rings. The quantitative estimate of drug-likeness (QED) is 0.755. The molecule has 1 fully saturated rings. The number of hydrogen-bond donors (Lipinski definition) is 0. The van der Waals surface area contributed by atoms with E-state index in [1.165, 1.54) is 0 Å². The van der Waals surface area contributed by atoms with Crippen LogP contribution in [0.4, 0.5) is 0 Å². The first-order valence-corrected chi connectivity index (χ1v) is 7.29. The maximum absolute atomic E-state index is 6.05. The molecule has 0 radical (unpaired) electrons. The van der Waals surface area contributed by atoms with Crippen molar-refractivity contribution < 1.29 is 4.74 Å². The Labute approximate surface area is 121 Å². The minimum absolute atomic E-state index is 0.375. The van der Waals surface area contributed by atoms with E-state index in [0.717, 1.165) is 30.2 Å². The number of methoxy groups -OCH3 is 1. The molecular formula is C13H18BrClN2O. The van der Waals surface area contributed by atoms with Gasteiger partial charge in [0.2, 0.25) is 0 Å². The van der Waals surface area contributed by atoms with Crippen LogP contribution in [0.25, 0.3) is 0 Å². The summed E-state index contributed by atoms with van der Waals surface area (Å²) >= 11 is 9.37. The maximum Gasteiger partial charge on any atom is 0.162 e. The Kier molecular flexibility index (Phi) is 4.00. The molecule has 100 valence electrons. The Morgan fingerprint density at radius 3 is 2.39 bits per heavy atom. The highest BCUT2D eigenvalue weighted by molar-refractivity contribution is 9.10. The fourth-order valence-corrected chi connectivity index (χ4v) is 2.74. The van der Waals surface area contributed by atoms with Crippen molar-refractivity contribution in [2.75, 3.05) is 7.11 Å². The third kappa shape index (κ3) is 2.70. The summed E-state index contributed by atoms with van der Waals surface area (Å²) in [4.78, 5) is 8.76. The van der Waals surface area contributed by atoms with Gasteiger partial charge < -0.3 is 4.74 Å². The molecule has 1 aliphatic carbocycles. The number of rotatable bonds is 2. The lowest BCUT2D eigenvalue weighted by atomic mass is 9.70. The first-order valence-electron chi connectivity index (χ1n) is 6.12. The van der Waals surface area contributed by atoms with E-state index < -0.39 is 0 Å². The van der Waals surface area contributed by atoms with Crippen LogP contribution in [-0.2, 0) is 10.3 Å². The Hall–Kier alpha value is -0.190. The molecule has 0 aromatic carbocycles. The number of ether oxygens (including phenoxy) is 1. The summed E-state index contributed by atoms with van der Waals surface area (Å²) in [6.07, 6.45) is 5.80. The number of hydrogen-bond acceptors (Lipinski definition) is 3. The predicted molar refractivity (Wildman–Crippen MR) is 75.7 cm³/mol. The number of halogens is 2. The van der Waals surface area contributed by atoms with E-state index in [9.17, 15) is 0 Å². The van der Waals surface area contributed by atoms with Gasteiger partial charge in [0, 0.05) is 13.3 Å². The van der Waals surface area contributed by atoms with Crippen molar-refractivity contribution in [3.8, 4) is 0 Å². The van der Waals surface area contributed by atoms with Gasteiger partial charge >= 0.3 is 0 Å². The molecule has 0 atom stereocenters. The van der Waals surface area contributed by atoms with Crippen LogP contribution in [0.2, 0.25) is 5.15 Å². The molecule has 3 nitrogen and oxygen atoms in total. The molecule has 0 amide bonds. The zero-order chi connectivity index (χ0) is 13.4. The van der Waals surface area contributed by atoms with Crippen molar-refractivity contribution in [2.45, 2.75) is 45.1 Å². The third-order valence-electron chi connectivity index (χ3n) is 3.91. The highest BCUT2D eigenvalue weighted by atomic mass is 79.9. The highest BCUT2D eigenvalue weighted by Gasteiger charge is 2.42. The molecule has 0 saturated heterocycles.